The Labute approximate surface area is 156 Å². The lowest BCUT2D eigenvalue weighted by molar-refractivity contribution is -0.117. The number of carbonyl (C=O) groups excluding carboxylic acids is 1. The third kappa shape index (κ3) is 4.89. The van der Waals surface area contributed by atoms with Crippen molar-refractivity contribution in [2.75, 3.05) is 18.9 Å². The summed E-state index contributed by atoms with van der Waals surface area (Å²) >= 11 is 7.67. The molecule has 3 rings (SSSR count). The molecule has 0 aliphatic rings. The van der Waals surface area contributed by atoms with Gasteiger partial charge in [0, 0.05) is 17.5 Å². The third-order valence-corrected chi connectivity index (χ3v) is 4.84. The van der Waals surface area contributed by atoms with Gasteiger partial charge in [-0.15, -0.1) is 11.3 Å². The van der Waals surface area contributed by atoms with Crippen molar-refractivity contribution in [3.05, 3.63) is 70.7 Å². The van der Waals surface area contributed by atoms with Crippen LogP contribution >= 0.6 is 22.9 Å². The van der Waals surface area contributed by atoms with Crippen LogP contribution in [-0.2, 0) is 11.3 Å². The molecule has 0 aliphatic carbocycles. The summed E-state index contributed by atoms with van der Waals surface area (Å²) in [6.45, 7) is 0.878. The van der Waals surface area contributed by atoms with Crippen LogP contribution in [0, 0.1) is 0 Å². The molecule has 0 unspecified atom stereocenters. The van der Waals surface area contributed by atoms with Crippen molar-refractivity contribution in [3.8, 4) is 10.6 Å². The van der Waals surface area contributed by atoms with Gasteiger partial charge in [-0.1, -0.05) is 54.1 Å². The first-order valence-corrected chi connectivity index (χ1v) is 9.10. The highest BCUT2D eigenvalue weighted by molar-refractivity contribution is 7.13. The molecule has 0 saturated heterocycles. The molecular weight excluding hydrogens is 354 g/mol. The number of para-hydroxylation sites is 1. The van der Waals surface area contributed by atoms with Crippen LogP contribution in [0.25, 0.3) is 10.6 Å². The number of hydrogen-bond donors (Lipinski definition) is 1. The number of carbonyl (C=O) groups is 1. The lowest BCUT2D eigenvalue weighted by atomic mass is 10.2. The first-order valence-electron chi connectivity index (χ1n) is 7.84. The molecule has 3 aromatic rings. The van der Waals surface area contributed by atoms with Crippen molar-refractivity contribution >= 4 is 34.5 Å². The molecule has 1 N–H and O–H groups in total. The minimum Gasteiger partial charge on any atom is -0.324 e. The smallest absolute Gasteiger partial charge is 0.238 e. The fraction of sp³-hybridized carbons (Fsp3) is 0.158. The highest BCUT2D eigenvalue weighted by atomic mass is 35.5. The number of halogens is 1. The maximum Gasteiger partial charge on any atom is 0.238 e. The second kappa shape index (κ2) is 8.25. The van der Waals surface area contributed by atoms with Gasteiger partial charge in [0.2, 0.25) is 5.91 Å². The highest BCUT2D eigenvalue weighted by Crippen LogP contribution is 2.24. The Morgan fingerprint density at radius 3 is 2.64 bits per heavy atom. The molecule has 0 atom stereocenters. The fourth-order valence-electron chi connectivity index (χ4n) is 2.42. The number of nitrogens with one attached hydrogen (secondary N) is 1. The van der Waals surface area contributed by atoms with E-state index in [2.05, 4.69) is 10.3 Å². The molecule has 2 aromatic carbocycles. The van der Waals surface area contributed by atoms with Gasteiger partial charge in [0.05, 0.1) is 22.9 Å². The maximum atomic E-state index is 12.2. The number of hydrogen-bond acceptors (Lipinski definition) is 4. The number of likely N-dealkylation sites (N-methyl/N-ethyl adjacent to an activating group) is 1. The van der Waals surface area contributed by atoms with E-state index in [4.69, 9.17) is 11.6 Å². The molecule has 6 heteroatoms. The van der Waals surface area contributed by atoms with Gasteiger partial charge in [-0.25, -0.2) is 4.98 Å². The Morgan fingerprint density at radius 2 is 1.88 bits per heavy atom. The van der Waals surface area contributed by atoms with Crippen LogP contribution in [0.1, 0.15) is 5.69 Å². The van der Waals surface area contributed by atoms with E-state index in [-0.39, 0.29) is 12.5 Å². The number of nitrogens with zero attached hydrogens (tertiary/aromatic N) is 2. The fourth-order valence-corrected chi connectivity index (χ4v) is 3.42. The largest absolute Gasteiger partial charge is 0.324 e. The van der Waals surface area contributed by atoms with Crippen molar-refractivity contribution in [2.24, 2.45) is 0 Å². The van der Waals surface area contributed by atoms with Crippen molar-refractivity contribution in [3.63, 3.8) is 0 Å². The number of benzene rings is 2. The first kappa shape index (κ1) is 17.6. The molecule has 128 valence electrons. The van der Waals surface area contributed by atoms with Gasteiger partial charge in [-0.2, -0.15) is 0 Å². The van der Waals surface area contributed by atoms with E-state index >= 15 is 0 Å². The minimum atomic E-state index is -0.103. The van der Waals surface area contributed by atoms with E-state index in [0.29, 0.717) is 17.3 Å². The Bertz CT molecular complexity index is 851. The summed E-state index contributed by atoms with van der Waals surface area (Å²) in [7, 11) is 1.90. The monoisotopic (exact) mass is 371 g/mol. The minimum absolute atomic E-state index is 0.103. The molecule has 0 spiro atoms. The molecule has 0 fully saturated rings. The quantitative estimate of drug-likeness (QED) is 0.692. The van der Waals surface area contributed by atoms with Gasteiger partial charge in [0.15, 0.2) is 0 Å². The van der Waals surface area contributed by atoms with E-state index < -0.39 is 0 Å². The summed E-state index contributed by atoms with van der Waals surface area (Å²) in [5.41, 5.74) is 2.69. The molecule has 0 radical (unpaired) electrons. The number of rotatable bonds is 6. The molecule has 0 bridgehead atoms. The average molecular weight is 372 g/mol. The predicted molar refractivity (Wildman–Crippen MR) is 104 cm³/mol. The van der Waals surface area contributed by atoms with Gasteiger partial charge in [0.1, 0.15) is 5.01 Å². The third-order valence-electron chi connectivity index (χ3n) is 3.57. The summed E-state index contributed by atoms with van der Waals surface area (Å²) in [4.78, 5) is 18.7. The van der Waals surface area contributed by atoms with Crippen LogP contribution in [-0.4, -0.2) is 29.4 Å². The zero-order valence-corrected chi connectivity index (χ0v) is 15.3. The zero-order valence-electron chi connectivity index (χ0n) is 13.8. The molecule has 4 nitrogen and oxygen atoms in total. The SMILES string of the molecule is CN(CC(=O)Nc1ccccc1Cl)Cc1csc(-c2ccccc2)n1. The van der Waals surface area contributed by atoms with Crippen molar-refractivity contribution in [1.82, 2.24) is 9.88 Å². The van der Waals surface area contributed by atoms with E-state index in [9.17, 15) is 4.79 Å². The van der Waals surface area contributed by atoms with Crippen molar-refractivity contribution in [2.45, 2.75) is 6.54 Å². The summed E-state index contributed by atoms with van der Waals surface area (Å²) < 4.78 is 0. The highest BCUT2D eigenvalue weighted by Gasteiger charge is 2.11. The summed E-state index contributed by atoms with van der Waals surface area (Å²) in [6, 6.07) is 17.3. The van der Waals surface area contributed by atoms with E-state index in [1.807, 2.05) is 59.8 Å². The van der Waals surface area contributed by atoms with Gasteiger partial charge < -0.3 is 5.32 Å². The van der Waals surface area contributed by atoms with Crippen LogP contribution in [0.2, 0.25) is 5.02 Å². The lowest BCUT2D eigenvalue weighted by Crippen LogP contribution is -2.30. The maximum absolute atomic E-state index is 12.2. The van der Waals surface area contributed by atoms with Crippen molar-refractivity contribution in [1.29, 1.82) is 0 Å². The molecule has 0 saturated carbocycles. The Morgan fingerprint density at radius 1 is 1.16 bits per heavy atom. The average Bonchev–Trinajstić information content (AvgIpc) is 3.06. The van der Waals surface area contributed by atoms with E-state index in [1.54, 1.807) is 23.5 Å². The molecule has 1 aromatic heterocycles. The summed E-state index contributed by atoms with van der Waals surface area (Å²) in [5.74, 6) is -0.103. The topological polar surface area (TPSA) is 45.2 Å². The molecule has 1 heterocycles. The van der Waals surface area contributed by atoms with Crippen molar-refractivity contribution < 1.29 is 4.79 Å². The van der Waals surface area contributed by atoms with Gasteiger partial charge >= 0.3 is 0 Å². The van der Waals surface area contributed by atoms with E-state index in [1.165, 1.54) is 0 Å². The molecule has 1 amide bonds. The molecule has 0 aliphatic heterocycles. The number of thiazole rings is 1. The number of anilines is 1. The zero-order chi connectivity index (χ0) is 17.6. The molecular formula is C19H18ClN3OS. The van der Waals surface area contributed by atoms with Crippen LogP contribution < -0.4 is 5.32 Å². The summed E-state index contributed by atoms with van der Waals surface area (Å²) in [6.07, 6.45) is 0. The van der Waals surface area contributed by atoms with Crippen LogP contribution in [0.5, 0.6) is 0 Å². The predicted octanol–water partition coefficient (Wildman–Crippen LogP) is 4.53. The second-order valence-electron chi connectivity index (χ2n) is 5.71. The van der Waals surface area contributed by atoms with Crippen LogP contribution in [0.4, 0.5) is 5.69 Å². The Kier molecular flexibility index (Phi) is 5.81. The Balaban J connectivity index is 1.56. The number of amides is 1. The van der Waals surface area contributed by atoms with Gasteiger partial charge in [-0.3, -0.25) is 9.69 Å². The Hall–Kier alpha value is -2.21. The number of aromatic nitrogens is 1. The standard InChI is InChI=1S/C19H18ClN3OS/c1-23(12-18(24)22-17-10-6-5-9-16(17)20)11-15-13-25-19(21-15)14-7-3-2-4-8-14/h2-10,13H,11-12H2,1H3,(H,22,24). The lowest BCUT2D eigenvalue weighted by Gasteiger charge is -2.15. The second-order valence-corrected chi connectivity index (χ2v) is 6.98. The van der Waals surface area contributed by atoms with E-state index in [0.717, 1.165) is 16.3 Å². The first-order chi connectivity index (χ1) is 12.1. The van der Waals surface area contributed by atoms with Crippen LogP contribution in [0.3, 0.4) is 0 Å². The summed E-state index contributed by atoms with van der Waals surface area (Å²) in [5, 5.41) is 6.38. The molecule has 25 heavy (non-hydrogen) atoms. The normalized spacial score (nSPS) is 10.8. The van der Waals surface area contributed by atoms with Gasteiger partial charge in [-0.05, 0) is 19.2 Å². The van der Waals surface area contributed by atoms with Crippen LogP contribution in [0.15, 0.2) is 60.0 Å². The van der Waals surface area contributed by atoms with Gasteiger partial charge in [0.25, 0.3) is 0 Å².